The van der Waals surface area contributed by atoms with E-state index in [4.69, 9.17) is 32.7 Å². The molecule has 0 heterocycles. The molecule has 1 rings (SSSR count). The van der Waals surface area contributed by atoms with Crippen LogP contribution in [0.4, 0.5) is 0 Å². The molecule has 0 aromatic heterocycles. The van der Waals surface area contributed by atoms with Crippen LogP contribution >= 0.6 is 23.2 Å². The van der Waals surface area contributed by atoms with E-state index in [1.54, 1.807) is 12.1 Å². The fraction of sp³-hybridized carbons (Fsp3) is 0.455. The average Bonchev–Trinajstić information content (AvgIpc) is 2.26. The van der Waals surface area contributed by atoms with Gasteiger partial charge in [0.25, 0.3) is 0 Å². The first-order valence-corrected chi connectivity index (χ1v) is 7.89. The Morgan fingerprint density at radius 2 is 1.72 bits per heavy atom. The number of hydrogen-bond donors (Lipinski definition) is 0. The number of rotatable bonds is 5. The van der Waals surface area contributed by atoms with Gasteiger partial charge in [0.1, 0.15) is 9.84 Å². The third kappa shape index (κ3) is 3.93. The molecule has 4 nitrogen and oxygen atoms in total. The van der Waals surface area contributed by atoms with Crippen LogP contribution in [-0.2, 0) is 9.84 Å². The van der Waals surface area contributed by atoms with E-state index in [-0.39, 0.29) is 5.75 Å². The van der Waals surface area contributed by atoms with Crippen molar-refractivity contribution < 1.29 is 17.9 Å². The molecule has 0 aliphatic carbocycles. The van der Waals surface area contributed by atoms with Crippen molar-refractivity contribution in [2.45, 2.75) is 5.38 Å². The second-order valence-corrected chi connectivity index (χ2v) is 6.91. The molecule has 1 aromatic rings. The maximum absolute atomic E-state index is 11.2. The third-order valence-electron chi connectivity index (χ3n) is 2.29. The summed E-state index contributed by atoms with van der Waals surface area (Å²) in [5, 5.41) is -0.386. The minimum Gasteiger partial charge on any atom is -0.493 e. The third-order valence-corrected chi connectivity index (χ3v) is 4.13. The summed E-state index contributed by atoms with van der Waals surface area (Å²) >= 11 is 12.1. The Morgan fingerprint density at radius 1 is 1.22 bits per heavy atom. The zero-order valence-electron chi connectivity index (χ0n) is 10.2. The van der Waals surface area contributed by atoms with Gasteiger partial charge in [0, 0.05) is 17.3 Å². The van der Waals surface area contributed by atoms with Gasteiger partial charge in [-0.15, -0.1) is 11.6 Å². The van der Waals surface area contributed by atoms with Gasteiger partial charge in [-0.05, 0) is 11.6 Å². The van der Waals surface area contributed by atoms with Crippen LogP contribution in [0.15, 0.2) is 12.1 Å². The molecule has 0 aliphatic heterocycles. The topological polar surface area (TPSA) is 52.6 Å². The van der Waals surface area contributed by atoms with Crippen LogP contribution in [-0.4, -0.2) is 34.6 Å². The van der Waals surface area contributed by atoms with Crippen LogP contribution in [0.25, 0.3) is 0 Å². The number of alkyl halides is 1. The fourth-order valence-corrected chi connectivity index (χ4v) is 3.39. The summed E-state index contributed by atoms with van der Waals surface area (Å²) in [5.74, 6) is 0.731. The van der Waals surface area contributed by atoms with Crippen molar-refractivity contribution in [1.82, 2.24) is 0 Å². The predicted molar refractivity (Wildman–Crippen MR) is 72.9 cm³/mol. The lowest BCUT2D eigenvalue weighted by molar-refractivity contribution is 0.354. The van der Waals surface area contributed by atoms with E-state index in [2.05, 4.69) is 0 Å². The summed E-state index contributed by atoms with van der Waals surface area (Å²) in [5.41, 5.74) is 0.501. The summed E-state index contributed by atoms with van der Waals surface area (Å²) in [6, 6.07) is 3.14. The van der Waals surface area contributed by atoms with Gasteiger partial charge in [0.05, 0.1) is 25.3 Å². The molecule has 0 amide bonds. The van der Waals surface area contributed by atoms with Crippen molar-refractivity contribution in [3.63, 3.8) is 0 Å². The maximum Gasteiger partial charge on any atom is 0.162 e. The molecular formula is C11H14Cl2O4S. The molecule has 0 N–H and O–H groups in total. The number of benzene rings is 1. The van der Waals surface area contributed by atoms with E-state index in [0.717, 1.165) is 6.26 Å². The van der Waals surface area contributed by atoms with E-state index in [0.29, 0.717) is 22.1 Å². The Balaban J connectivity index is 3.17. The second-order valence-electron chi connectivity index (χ2n) is 3.79. The number of sulfone groups is 1. The van der Waals surface area contributed by atoms with E-state index in [1.807, 2.05) is 0 Å². The first-order chi connectivity index (χ1) is 8.28. The van der Waals surface area contributed by atoms with Crippen LogP contribution in [0.1, 0.15) is 10.9 Å². The highest BCUT2D eigenvalue weighted by molar-refractivity contribution is 7.90. The maximum atomic E-state index is 11.2. The average molecular weight is 313 g/mol. The molecule has 7 heteroatoms. The Morgan fingerprint density at radius 3 is 2.17 bits per heavy atom. The SMILES string of the molecule is COc1cc(Cl)c(C(Cl)CS(C)(=O)=O)cc1OC. The second kappa shape index (κ2) is 5.99. The van der Waals surface area contributed by atoms with Crippen molar-refractivity contribution >= 4 is 33.0 Å². The number of ether oxygens (including phenoxy) is 2. The van der Waals surface area contributed by atoms with Gasteiger partial charge in [-0.1, -0.05) is 11.6 Å². The molecule has 0 aliphatic rings. The zero-order valence-corrected chi connectivity index (χ0v) is 12.6. The number of halogens is 2. The van der Waals surface area contributed by atoms with Gasteiger partial charge in [0.15, 0.2) is 11.5 Å². The summed E-state index contributed by atoms with van der Waals surface area (Å²) in [7, 11) is -0.216. The molecule has 0 fully saturated rings. The first kappa shape index (κ1) is 15.4. The van der Waals surface area contributed by atoms with Gasteiger partial charge in [-0.2, -0.15) is 0 Å². The Bertz CT molecular complexity index is 528. The lowest BCUT2D eigenvalue weighted by atomic mass is 10.1. The summed E-state index contributed by atoms with van der Waals surface area (Å²) in [6.07, 6.45) is 1.12. The Hall–Kier alpha value is -0.650. The van der Waals surface area contributed by atoms with Crippen LogP contribution in [0.5, 0.6) is 11.5 Å². The Kier molecular flexibility index (Phi) is 5.13. The zero-order chi connectivity index (χ0) is 13.9. The van der Waals surface area contributed by atoms with Crippen LogP contribution in [0, 0.1) is 0 Å². The lowest BCUT2D eigenvalue weighted by Crippen LogP contribution is -2.09. The molecule has 1 atom stereocenters. The highest BCUT2D eigenvalue weighted by atomic mass is 35.5. The van der Waals surface area contributed by atoms with E-state index in [9.17, 15) is 8.42 Å². The van der Waals surface area contributed by atoms with Crippen LogP contribution in [0.2, 0.25) is 5.02 Å². The molecule has 102 valence electrons. The van der Waals surface area contributed by atoms with Crippen molar-refractivity contribution in [3.05, 3.63) is 22.7 Å². The molecule has 0 saturated heterocycles. The molecule has 0 saturated carbocycles. The molecule has 0 bridgehead atoms. The fourth-order valence-electron chi connectivity index (χ4n) is 1.47. The number of hydrogen-bond acceptors (Lipinski definition) is 4. The summed E-state index contributed by atoms with van der Waals surface area (Å²) in [6.45, 7) is 0. The largest absolute Gasteiger partial charge is 0.493 e. The highest BCUT2D eigenvalue weighted by Gasteiger charge is 2.20. The molecule has 1 unspecified atom stereocenters. The summed E-state index contributed by atoms with van der Waals surface area (Å²) in [4.78, 5) is 0. The van der Waals surface area contributed by atoms with Gasteiger partial charge in [-0.3, -0.25) is 0 Å². The van der Waals surface area contributed by atoms with Gasteiger partial charge in [-0.25, -0.2) is 8.42 Å². The molecule has 1 aromatic carbocycles. The van der Waals surface area contributed by atoms with Crippen molar-refractivity contribution in [3.8, 4) is 11.5 Å². The van der Waals surface area contributed by atoms with E-state index < -0.39 is 15.2 Å². The molecule has 18 heavy (non-hydrogen) atoms. The smallest absolute Gasteiger partial charge is 0.162 e. The van der Waals surface area contributed by atoms with Gasteiger partial charge < -0.3 is 9.47 Å². The minimum absolute atomic E-state index is 0.191. The monoisotopic (exact) mass is 312 g/mol. The normalized spacial score (nSPS) is 13.2. The summed E-state index contributed by atoms with van der Waals surface area (Å²) < 4.78 is 32.6. The van der Waals surface area contributed by atoms with Gasteiger partial charge >= 0.3 is 0 Å². The van der Waals surface area contributed by atoms with Crippen molar-refractivity contribution in [2.24, 2.45) is 0 Å². The highest BCUT2D eigenvalue weighted by Crippen LogP contribution is 2.38. The minimum atomic E-state index is -3.19. The molecule has 0 spiro atoms. The standard InChI is InChI=1S/C11H14Cl2O4S/c1-16-10-4-7(8(12)5-11(10)17-2)9(13)6-18(3,14)15/h4-5,9H,6H2,1-3H3. The van der Waals surface area contributed by atoms with Crippen molar-refractivity contribution in [2.75, 3.05) is 26.2 Å². The van der Waals surface area contributed by atoms with Gasteiger partial charge in [0.2, 0.25) is 0 Å². The first-order valence-electron chi connectivity index (χ1n) is 5.01. The lowest BCUT2D eigenvalue weighted by Gasteiger charge is -2.14. The quantitative estimate of drug-likeness (QED) is 0.784. The van der Waals surface area contributed by atoms with E-state index >= 15 is 0 Å². The van der Waals surface area contributed by atoms with Crippen LogP contribution < -0.4 is 9.47 Å². The Labute approximate surface area is 117 Å². The number of methoxy groups -OCH3 is 2. The van der Waals surface area contributed by atoms with Crippen molar-refractivity contribution in [1.29, 1.82) is 0 Å². The van der Waals surface area contributed by atoms with Crippen LogP contribution in [0.3, 0.4) is 0 Å². The molecule has 0 radical (unpaired) electrons. The molecular weight excluding hydrogens is 299 g/mol. The van der Waals surface area contributed by atoms with E-state index in [1.165, 1.54) is 14.2 Å². The predicted octanol–water partition coefficient (Wildman–Crippen LogP) is 2.68.